The third kappa shape index (κ3) is 2.91. The van der Waals surface area contributed by atoms with Gasteiger partial charge in [-0.25, -0.2) is 0 Å². The SMILES string of the molecule is C=C1C=NC=CN1C(C)C.CC. The van der Waals surface area contributed by atoms with Crippen LogP contribution in [0.25, 0.3) is 0 Å². The Kier molecular flexibility index (Phi) is 5.09. The van der Waals surface area contributed by atoms with Crippen LogP contribution in [0.5, 0.6) is 0 Å². The van der Waals surface area contributed by atoms with Gasteiger partial charge >= 0.3 is 0 Å². The summed E-state index contributed by atoms with van der Waals surface area (Å²) in [5, 5.41) is 0. The second-order valence-corrected chi connectivity index (χ2v) is 2.57. The van der Waals surface area contributed by atoms with E-state index in [1.165, 1.54) is 0 Å². The largest absolute Gasteiger partial charge is 0.343 e. The minimum absolute atomic E-state index is 0.468. The molecule has 0 fully saturated rings. The van der Waals surface area contributed by atoms with E-state index in [0.717, 1.165) is 5.70 Å². The lowest BCUT2D eigenvalue weighted by Gasteiger charge is -2.25. The highest BCUT2D eigenvalue weighted by Gasteiger charge is 2.07. The molecular weight excluding hydrogens is 148 g/mol. The predicted octanol–water partition coefficient (Wildman–Crippen LogP) is 2.79. The van der Waals surface area contributed by atoms with E-state index < -0.39 is 0 Å². The van der Waals surface area contributed by atoms with Crippen LogP contribution in [-0.4, -0.2) is 17.2 Å². The summed E-state index contributed by atoms with van der Waals surface area (Å²) in [6.45, 7) is 12.1. The van der Waals surface area contributed by atoms with Gasteiger partial charge in [0, 0.05) is 24.7 Å². The maximum absolute atomic E-state index is 3.94. The van der Waals surface area contributed by atoms with Crippen molar-refractivity contribution in [3.05, 3.63) is 24.7 Å². The first-order valence-electron chi connectivity index (χ1n) is 4.39. The first-order valence-corrected chi connectivity index (χ1v) is 4.39. The van der Waals surface area contributed by atoms with Crippen molar-refractivity contribution >= 4 is 6.21 Å². The molecule has 0 atom stereocenters. The van der Waals surface area contributed by atoms with E-state index in [9.17, 15) is 0 Å². The van der Waals surface area contributed by atoms with Crippen LogP contribution in [0.1, 0.15) is 27.7 Å². The Morgan fingerprint density at radius 3 is 2.33 bits per heavy atom. The smallest absolute Gasteiger partial charge is 0.0522 e. The van der Waals surface area contributed by atoms with Crippen molar-refractivity contribution in [1.29, 1.82) is 0 Å². The van der Waals surface area contributed by atoms with Gasteiger partial charge in [0.15, 0.2) is 0 Å². The topological polar surface area (TPSA) is 15.6 Å². The molecule has 0 unspecified atom stereocenters. The first kappa shape index (κ1) is 11.0. The lowest BCUT2D eigenvalue weighted by molar-refractivity contribution is 0.401. The average Bonchev–Trinajstić information content (AvgIpc) is 2.08. The zero-order valence-corrected chi connectivity index (χ0v) is 8.41. The molecule has 0 aromatic heterocycles. The maximum atomic E-state index is 3.94. The van der Waals surface area contributed by atoms with E-state index in [1.54, 1.807) is 12.4 Å². The fourth-order valence-corrected chi connectivity index (χ4v) is 0.906. The number of hydrogen-bond acceptors (Lipinski definition) is 2. The van der Waals surface area contributed by atoms with Crippen LogP contribution < -0.4 is 0 Å². The summed E-state index contributed by atoms with van der Waals surface area (Å²) in [5.41, 5.74) is 0.956. The van der Waals surface area contributed by atoms with Gasteiger partial charge in [0.25, 0.3) is 0 Å². The molecule has 68 valence electrons. The van der Waals surface area contributed by atoms with E-state index in [4.69, 9.17) is 0 Å². The fourth-order valence-electron chi connectivity index (χ4n) is 0.906. The second-order valence-electron chi connectivity index (χ2n) is 2.57. The monoisotopic (exact) mass is 166 g/mol. The van der Waals surface area contributed by atoms with E-state index >= 15 is 0 Å². The summed E-state index contributed by atoms with van der Waals surface area (Å²) in [5.74, 6) is 0. The van der Waals surface area contributed by atoms with Crippen molar-refractivity contribution in [1.82, 2.24) is 4.90 Å². The zero-order chi connectivity index (χ0) is 9.56. The molecule has 12 heavy (non-hydrogen) atoms. The first-order chi connectivity index (χ1) is 5.72. The van der Waals surface area contributed by atoms with E-state index in [2.05, 4.69) is 30.3 Å². The van der Waals surface area contributed by atoms with Crippen LogP contribution in [-0.2, 0) is 0 Å². The quantitative estimate of drug-likeness (QED) is 0.585. The normalized spacial score (nSPS) is 14.8. The lowest BCUT2D eigenvalue weighted by atomic mass is 10.3. The predicted molar refractivity (Wildman–Crippen MR) is 55.1 cm³/mol. The van der Waals surface area contributed by atoms with Gasteiger partial charge in [-0.3, -0.25) is 4.99 Å². The van der Waals surface area contributed by atoms with Gasteiger partial charge in [-0.2, -0.15) is 0 Å². The molecule has 1 rings (SSSR count). The number of hydrogen-bond donors (Lipinski definition) is 0. The van der Waals surface area contributed by atoms with Gasteiger partial charge in [-0.15, -0.1) is 0 Å². The fraction of sp³-hybridized carbons (Fsp3) is 0.500. The van der Waals surface area contributed by atoms with Crippen molar-refractivity contribution in [3.8, 4) is 0 Å². The standard InChI is InChI=1S/C8H12N2.C2H6/c1-7(2)10-5-4-9-6-8(10)3;1-2/h4-7H,3H2,1-2H3;1-2H3. The summed E-state index contributed by atoms with van der Waals surface area (Å²) in [7, 11) is 0. The zero-order valence-electron chi connectivity index (χ0n) is 8.41. The van der Waals surface area contributed by atoms with Crippen molar-refractivity contribution in [2.75, 3.05) is 0 Å². The molecule has 0 aromatic rings. The van der Waals surface area contributed by atoms with Crippen molar-refractivity contribution < 1.29 is 0 Å². The molecule has 2 nitrogen and oxygen atoms in total. The van der Waals surface area contributed by atoms with Crippen LogP contribution in [0.15, 0.2) is 29.7 Å². The highest BCUT2D eigenvalue weighted by Crippen LogP contribution is 2.09. The summed E-state index contributed by atoms with van der Waals surface area (Å²) >= 11 is 0. The summed E-state index contributed by atoms with van der Waals surface area (Å²) < 4.78 is 0. The van der Waals surface area contributed by atoms with Crippen LogP contribution >= 0.6 is 0 Å². The van der Waals surface area contributed by atoms with Crippen molar-refractivity contribution in [3.63, 3.8) is 0 Å². The van der Waals surface area contributed by atoms with Gasteiger partial charge in [-0.05, 0) is 13.8 Å². The Bertz CT molecular complexity index is 190. The van der Waals surface area contributed by atoms with Gasteiger partial charge in [0.05, 0.1) is 5.70 Å². The minimum atomic E-state index is 0.468. The van der Waals surface area contributed by atoms with Crippen LogP contribution in [0.4, 0.5) is 0 Å². The summed E-state index contributed by atoms with van der Waals surface area (Å²) in [6.07, 6.45) is 5.47. The molecule has 1 heterocycles. The Hall–Kier alpha value is -1.05. The molecule has 1 aliphatic heterocycles. The number of nitrogens with zero attached hydrogens (tertiary/aromatic N) is 2. The van der Waals surface area contributed by atoms with Crippen LogP contribution in [0.2, 0.25) is 0 Å². The second kappa shape index (κ2) is 5.58. The van der Waals surface area contributed by atoms with Crippen molar-refractivity contribution in [2.45, 2.75) is 33.7 Å². The van der Waals surface area contributed by atoms with Crippen LogP contribution in [0, 0.1) is 0 Å². The molecule has 2 heteroatoms. The molecule has 0 aromatic carbocycles. The average molecular weight is 166 g/mol. The molecule has 0 N–H and O–H groups in total. The molecule has 0 saturated carbocycles. The third-order valence-corrected chi connectivity index (χ3v) is 1.42. The Morgan fingerprint density at radius 1 is 1.42 bits per heavy atom. The van der Waals surface area contributed by atoms with E-state index in [1.807, 2.05) is 20.0 Å². The number of allylic oxidation sites excluding steroid dienone is 1. The van der Waals surface area contributed by atoms with Gasteiger partial charge in [-0.1, -0.05) is 20.4 Å². The Balaban J connectivity index is 0.000000561. The Labute approximate surface area is 75.3 Å². The third-order valence-electron chi connectivity index (χ3n) is 1.42. The van der Waals surface area contributed by atoms with E-state index in [-0.39, 0.29) is 0 Å². The van der Waals surface area contributed by atoms with Gasteiger partial charge in [0.2, 0.25) is 0 Å². The molecule has 0 bridgehead atoms. The Morgan fingerprint density at radius 2 is 2.00 bits per heavy atom. The molecule has 0 radical (unpaired) electrons. The summed E-state index contributed by atoms with van der Waals surface area (Å²) in [6, 6.07) is 0.468. The molecule has 0 saturated heterocycles. The molecule has 0 amide bonds. The number of aliphatic imine (C=N–C) groups is 1. The molecule has 0 spiro atoms. The number of rotatable bonds is 1. The minimum Gasteiger partial charge on any atom is -0.343 e. The molecule has 1 aliphatic rings. The van der Waals surface area contributed by atoms with Crippen LogP contribution in [0.3, 0.4) is 0 Å². The summed E-state index contributed by atoms with van der Waals surface area (Å²) in [4.78, 5) is 6.02. The highest BCUT2D eigenvalue weighted by atomic mass is 15.2. The highest BCUT2D eigenvalue weighted by molar-refractivity contribution is 5.78. The molecule has 0 aliphatic carbocycles. The lowest BCUT2D eigenvalue weighted by Crippen LogP contribution is -2.25. The molecular formula is C10H18N2. The van der Waals surface area contributed by atoms with Gasteiger partial charge < -0.3 is 4.90 Å². The van der Waals surface area contributed by atoms with Crippen molar-refractivity contribution in [2.24, 2.45) is 4.99 Å². The maximum Gasteiger partial charge on any atom is 0.0522 e. The van der Waals surface area contributed by atoms with Gasteiger partial charge in [0.1, 0.15) is 0 Å². The van der Waals surface area contributed by atoms with E-state index in [0.29, 0.717) is 6.04 Å².